The topological polar surface area (TPSA) is 59.8 Å². The van der Waals surface area contributed by atoms with E-state index < -0.39 is 0 Å². The molecule has 0 saturated heterocycles. The zero-order chi connectivity index (χ0) is 18.6. The average molecular weight is 395 g/mol. The summed E-state index contributed by atoms with van der Waals surface area (Å²) in [6.07, 6.45) is 5.41. The number of aromatic nitrogens is 3. The number of hydrogen-bond donors (Lipinski definition) is 1. The van der Waals surface area contributed by atoms with Gasteiger partial charge in [-0.15, -0.1) is 11.3 Å². The van der Waals surface area contributed by atoms with Gasteiger partial charge in [-0.25, -0.2) is 9.97 Å². The molecule has 4 rings (SSSR count). The summed E-state index contributed by atoms with van der Waals surface area (Å²) in [5, 5.41) is 6.12. The zero-order valence-corrected chi connectivity index (χ0v) is 15.7. The molecule has 1 amide bonds. The molecule has 0 aliphatic carbocycles. The summed E-state index contributed by atoms with van der Waals surface area (Å²) >= 11 is 7.34. The van der Waals surface area contributed by atoms with Crippen LogP contribution < -0.4 is 5.32 Å². The van der Waals surface area contributed by atoms with Gasteiger partial charge >= 0.3 is 0 Å². The average Bonchev–Trinajstić information content (AvgIpc) is 3.35. The van der Waals surface area contributed by atoms with E-state index in [1.165, 1.54) is 11.3 Å². The van der Waals surface area contributed by atoms with Crippen molar-refractivity contribution in [1.29, 1.82) is 0 Å². The lowest BCUT2D eigenvalue weighted by atomic mass is 10.2. The molecule has 7 heteroatoms. The van der Waals surface area contributed by atoms with Gasteiger partial charge in [0.1, 0.15) is 10.7 Å². The summed E-state index contributed by atoms with van der Waals surface area (Å²) in [5.74, 6) is -0.230. The molecule has 0 unspecified atom stereocenters. The van der Waals surface area contributed by atoms with Gasteiger partial charge in [-0.3, -0.25) is 4.79 Å². The Hall–Kier alpha value is -2.96. The fraction of sp³-hybridized carbons (Fsp3) is 0.0500. The van der Waals surface area contributed by atoms with Crippen LogP contribution in [0.15, 0.2) is 72.6 Å². The van der Waals surface area contributed by atoms with Gasteiger partial charge < -0.3 is 9.88 Å². The summed E-state index contributed by atoms with van der Waals surface area (Å²) < 4.78 is 1.97. The lowest BCUT2D eigenvalue weighted by molar-refractivity contribution is 0.102. The van der Waals surface area contributed by atoms with Crippen LogP contribution in [-0.2, 0) is 6.54 Å². The Kier molecular flexibility index (Phi) is 5.00. The molecule has 0 bridgehead atoms. The van der Waals surface area contributed by atoms with Crippen LogP contribution in [-0.4, -0.2) is 20.4 Å². The van der Waals surface area contributed by atoms with Crippen LogP contribution in [0.4, 0.5) is 5.69 Å². The quantitative estimate of drug-likeness (QED) is 0.520. The van der Waals surface area contributed by atoms with Gasteiger partial charge in [0.25, 0.3) is 5.91 Å². The summed E-state index contributed by atoms with van der Waals surface area (Å²) in [6, 6.07) is 15.1. The number of anilines is 1. The monoisotopic (exact) mass is 394 g/mol. The predicted octanol–water partition coefficient (Wildman–Crippen LogP) is 4.96. The first kappa shape index (κ1) is 17.5. The van der Waals surface area contributed by atoms with E-state index in [2.05, 4.69) is 15.3 Å². The van der Waals surface area contributed by atoms with Gasteiger partial charge in [-0.05, 0) is 29.8 Å². The molecule has 0 aliphatic heterocycles. The van der Waals surface area contributed by atoms with Gasteiger partial charge in [0.05, 0.1) is 6.33 Å². The fourth-order valence-corrected chi connectivity index (χ4v) is 3.57. The van der Waals surface area contributed by atoms with Gasteiger partial charge in [0, 0.05) is 40.6 Å². The zero-order valence-electron chi connectivity index (χ0n) is 14.2. The van der Waals surface area contributed by atoms with Crippen LogP contribution in [0.2, 0.25) is 5.02 Å². The molecular formula is C20H15ClN4OS. The van der Waals surface area contributed by atoms with E-state index in [4.69, 9.17) is 11.6 Å². The van der Waals surface area contributed by atoms with E-state index in [9.17, 15) is 4.79 Å². The first-order valence-corrected chi connectivity index (χ1v) is 9.51. The number of carbonyl (C=O) groups excluding carboxylic acids is 1. The molecule has 0 radical (unpaired) electrons. The van der Waals surface area contributed by atoms with Crippen LogP contribution in [0.5, 0.6) is 0 Å². The van der Waals surface area contributed by atoms with Crippen molar-refractivity contribution in [1.82, 2.24) is 14.5 Å². The molecule has 4 aromatic rings. The van der Waals surface area contributed by atoms with Crippen molar-refractivity contribution in [2.45, 2.75) is 6.54 Å². The molecule has 0 aliphatic rings. The highest BCUT2D eigenvalue weighted by Crippen LogP contribution is 2.25. The normalized spacial score (nSPS) is 10.7. The predicted molar refractivity (Wildman–Crippen MR) is 108 cm³/mol. The number of halogens is 1. The Morgan fingerprint density at radius 3 is 2.81 bits per heavy atom. The van der Waals surface area contributed by atoms with E-state index >= 15 is 0 Å². The number of nitrogens with zero attached hydrogens (tertiary/aromatic N) is 3. The Balaban J connectivity index is 1.47. The van der Waals surface area contributed by atoms with Crippen molar-refractivity contribution >= 4 is 34.5 Å². The summed E-state index contributed by atoms with van der Waals surface area (Å²) in [7, 11) is 0. The number of nitrogens with one attached hydrogen (secondary N) is 1. The SMILES string of the molecule is O=C(Nc1cccc(Cn2ccnc2)c1)c1csc(-c2ccc(Cl)cc2)n1. The molecule has 2 aromatic carbocycles. The summed E-state index contributed by atoms with van der Waals surface area (Å²) in [5.41, 5.74) is 3.14. The largest absolute Gasteiger partial charge is 0.333 e. The minimum absolute atomic E-state index is 0.230. The van der Waals surface area contributed by atoms with Crippen molar-refractivity contribution in [3.8, 4) is 10.6 Å². The van der Waals surface area contributed by atoms with Gasteiger partial charge in [0.15, 0.2) is 0 Å². The third kappa shape index (κ3) is 4.24. The second-order valence-electron chi connectivity index (χ2n) is 5.93. The molecule has 0 fully saturated rings. The van der Waals surface area contributed by atoms with Crippen molar-refractivity contribution in [3.63, 3.8) is 0 Å². The molecule has 5 nitrogen and oxygen atoms in total. The van der Waals surface area contributed by atoms with Crippen LogP contribution in [0, 0.1) is 0 Å². The standard InChI is InChI=1S/C20H15ClN4OS/c21-16-6-4-15(5-7-16)20-24-18(12-27-20)19(26)23-17-3-1-2-14(10-17)11-25-9-8-22-13-25/h1-10,12-13H,11H2,(H,23,26). The van der Waals surface area contributed by atoms with Crippen molar-refractivity contribution in [2.24, 2.45) is 0 Å². The van der Waals surface area contributed by atoms with E-state index in [-0.39, 0.29) is 5.91 Å². The second kappa shape index (κ2) is 7.73. The Bertz CT molecular complexity index is 1060. The molecule has 27 heavy (non-hydrogen) atoms. The first-order chi connectivity index (χ1) is 13.2. The first-order valence-electron chi connectivity index (χ1n) is 8.25. The van der Waals surface area contributed by atoms with Gasteiger partial charge in [-0.1, -0.05) is 35.9 Å². The number of rotatable bonds is 5. The minimum atomic E-state index is -0.230. The lowest BCUT2D eigenvalue weighted by Gasteiger charge is -2.07. The highest BCUT2D eigenvalue weighted by Gasteiger charge is 2.12. The van der Waals surface area contributed by atoms with Crippen LogP contribution in [0.3, 0.4) is 0 Å². The third-order valence-corrected chi connectivity index (χ3v) is 5.08. The Morgan fingerprint density at radius 1 is 1.19 bits per heavy atom. The fourth-order valence-electron chi connectivity index (χ4n) is 2.64. The highest BCUT2D eigenvalue weighted by molar-refractivity contribution is 7.13. The number of imidazole rings is 1. The molecule has 134 valence electrons. The molecule has 0 atom stereocenters. The maximum atomic E-state index is 12.5. The Labute approximate surface area is 165 Å². The number of amides is 1. The second-order valence-corrected chi connectivity index (χ2v) is 7.23. The Morgan fingerprint density at radius 2 is 2.04 bits per heavy atom. The smallest absolute Gasteiger partial charge is 0.275 e. The van der Waals surface area contributed by atoms with Crippen LogP contribution in [0.1, 0.15) is 16.1 Å². The van der Waals surface area contributed by atoms with Gasteiger partial charge in [-0.2, -0.15) is 0 Å². The van der Waals surface area contributed by atoms with E-state index in [0.29, 0.717) is 17.3 Å². The lowest BCUT2D eigenvalue weighted by Crippen LogP contribution is -2.12. The van der Waals surface area contributed by atoms with E-state index in [1.54, 1.807) is 17.9 Å². The maximum Gasteiger partial charge on any atom is 0.275 e. The van der Waals surface area contributed by atoms with Gasteiger partial charge in [0.2, 0.25) is 0 Å². The number of hydrogen-bond acceptors (Lipinski definition) is 4. The molecule has 1 N–H and O–H groups in total. The molecule has 2 heterocycles. The highest BCUT2D eigenvalue weighted by atomic mass is 35.5. The molecule has 2 aromatic heterocycles. The van der Waals surface area contributed by atoms with Crippen molar-refractivity contribution in [3.05, 3.63) is 88.9 Å². The molecular weight excluding hydrogens is 380 g/mol. The third-order valence-electron chi connectivity index (χ3n) is 3.94. The van der Waals surface area contributed by atoms with Crippen LogP contribution >= 0.6 is 22.9 Å². The summed E-state index contributed by atoms with van der Waals surface area (Å²) in [4.78, 5) is 21.0. The van der Waals surface area contributed by atoms with E-state index in [1.807, 2.05) is 59.3 Å². The van der Waals surface area contributed by atoms with Crippen molar-refractivity contribution in [2.75, 3.05) is 5.32 Å². The number of carbonyl (C=O) groups is 1. The molecule has 0 spiro atoms. The van der Waals surface area contributed by atoms with Crippen molar-refractivity contribution < 1.29 is 4.79 Å². The summed E-state index contributed by atoms with van der Waals surface area (Å²) in [6.45, 7) is 0.696. The number of benzene rings is 2. The van der Waals surface area contributed by atoms with E-state index in [0.717, 1.165) is 21.8 Å². The maximum absolute atomic E-state index is 12.5. The minimum Gasteiger partial charge on any atom is -0.333 e. The molecule has 0 saturated carbocycles. The number of thiazole rings is 1. The van der Waals surface area contributed by atoms with Crippen LogP contribution in [0.25, 0.3) is 10.6 Å².